The Labute approximate surface area is 108 Å². The van der Waals surface area contributed by atoms with Gasteiger partial charge in [0.25, 0.3) is 0 Å². The third-order valence-corrected chi connectivity index (χ3v) is 3.91. The standard InChI is InChI=1S/C15H20O3/c1-10-8-11(2)13(12(3)9-10)15(14(16)17)4-6-18-7-5-15/h8-9H,4-7H2,1-3H3,(H,16,17). The number of hydrogen-bond acceptors (Lipinski definition) is 2. The second-order valence-corrected chi connectivity index (χ2v) is 5.27. The molecule has 0 spiro atoms. The molecule has 1 heterocycles. The van der Waals surface area contributed by atoms with Crippen molar-refractivity contribution in [2.24, 2.45) is 0 Å². The molecule has 1 aromatic rings. The van der Waals surface area contributed by atoms with Crippen molar-refractivity contribution in [3.63, 3.8) is 0 Å². The van der Waals surface area contributed by atoms with Gasteiger partial charge in [-0.25, -0.2) is 0 Å². The van der Waals surface area contributed by atoms with Gasteiger partial charge < -0.3 is 9.84 Å². The first-order chi connectivity index (χ1) is 8.47. The van der Waals surface area contributed by atoms with Crippen molar-refractivity contribution in [3.05, 3.63) is 34.4 Å². The minimum absolute atomic E-state index is 0.527. The summed E-state index contributed by atoms with van der Waals surface area (Å²) in [5.41, 5.74) is 3.57. The van der Waals surface area contributed by atoms with E-state index in [1.54, 1.807) is 0 Å². The van der Waals surface area contributed by atoms with Crippen molar-refractivity contribution < 1.29 is 14.6 Å². The molecule has 0 unspecified atom stereocenters. The van der Waals surface area contributed by atoms with Gasteiger partial charge in [0.2, 0.25) is 0 Å². The SMILES string of the molecule is Cc1cc(C)c(C2(C(=O)O)CCOCC2)c(C)c1. The van der Waals surface area contributed by atoms with Crippen molar-refractivity contribution in [1.82, 2.24) is 0 Å². The Morgan fingerprint density at radius 2 is 1.67 bits per heavy atom. The third-order valence-electron chi connectivity index (χ3n) is 3.91. The molecule has 0 atom stereocenters. The molecule has 3 nitrogen and oxygen atoms in total. The van der Waals surface area contributed by atoms with Crippen LogP contribution in [0, 0.1) is 20.8 Å². The molecule has 18 heavy (non-hydrogen) atoms. The maximum absolute atomic E-state index is 11.8. The van der Waals surface area contributed by atoms with Crippen molar-refractivity contribution >= 4 is 5.97 Å². The fraction of sp³-hybridized carbons (Fsp3) is 0.533. The van der Waals surface area contributed by atoms with Crippen LogP contribution in [0.2, 0.25) is 0 Å². The lowest BCUT2D eigenvalue weighted by Gasteiger charge is -2.36. The quantitative estimate of drug-likeness (QED) is 0.875. The van der Waals surface area contributed by atoms with Crippen molar-refractivity contribution in [2.45, 2.75) is 39.0 Å². The molecule has 1 aromatic carbocycles. The van der Waals surface area contributed by atoms with Crippen LogP contribution in [0.4, 0.5) is 0 Å². The maximum atomic E-state index is 11.8. The molecular formula is C15H20O3. The van der Waals surface area contributed by atoms with Crippen LogP contribution < -0.4 is 0 Å². The Morgan fingerprint density at radius 1 is 1.17 bits per heavy atom. The Kier molecular flexibility index (Phi) is 3.44. The average molecular weight is 248 g/mol. The van der Waals surface area contributed by atoms with Crippen LogP contribution in [0.15, 0.2) is 12.1 Å². The number of aliphatic carboxylic acids is 1. The van der Waals surface area contributed by atoms with Crippen LogP contribution in [0.25, 0.3) is 0 Å². The van der Waals surface area contributed by atoms with E-state index in [1.807, 2.05) is 20.8 Å². The normalized spacial score (nSPS) is 18.6. The fourth-order valence-corrected chi connectivity index (χ4v) is 3.23. The summed E-state index contributed by atoms with van der Waals surface area (Å²) in [5, 5.41) is 9.70. The predicted molar refractivity (Wildman–Crippen MR) is 70.0 cm³/mol. The highest BCUT2D eigenvalue weighted by Gasteiger charge is 2.43. The minimum Gasteiger partial charge on any atom is -0.481 e. The predicted octanol–water partition coefficient (Wildman–Crippen LogP) is 2.74. The van der Waals surface area contributed by atoms with Gasteiger partial charge in [-0.05, 0) is 50.3 Å². The molecule has 0 saturated carbocycles. The summed E-state index contributed by atoms with van der Waals surface area (Å²) in [7, 11) is 0. The van der Waals surface area contributed by atoms with Crippen LogP contribution >= 0.6 is 0 Å². The van der Waals surface area contributed by atoms with Gasteiger partial charge in [-0.1, -0.05) is 17.7 Å². The van der Waals surface area contributed by atoms with Gasteiger partial charge >= 0.3 is 5.97 Å². The van der Waals surface area contributed by atoms with Gasteiger partial charge in [-0.2, -0.15) is 0 Å². The van der Waals surface area contributed by atoms with Gasteiger partial charge in [-0.3, -0.25) is 4.79 Å². The lowest BCUT2D eigenvalue weighted by molar-refractivity contribution is -0.147. The number of hydrogen-bond donors (Lipinski definition) is 1. The van der Waals surface area contributed by atoms with Gasteiger partial charge in [0.1, 0.15) is 0 Å². The number of ether oxygens (including phenoxy) is 1. The topological polar surface area (TPSA) is 46.5 Å². The van der Waals surface area contributed by atoms with Gasteiger partial charge in [0.15, 0.2) is 0 Å². The monoisotopic (exact) mass is 248 g/mol. The zero-order valence-electron chi connectivity index (χ0n) is 11.2. The molecule has 2 rings (SSSR count). The summed E-state index contributed by atoms with van der Waals surface area (Å²) in [6, 6.07) is 4.14. The van der Waals surface area contributed by atoms with E-state index in [-0.39, 0.29) is 0 Å². The summed E-state index contributed by atoms with van der Waals surface area (Å²) >= 11 is 0. The van der Waals surface area contributed by atoms with E-state index in [0.29, 0.717) is 26.1 Å². The molecule has 1 saturated heterocycles. The molecule has 0 amide bonds. The Hall–Kier alpha value is -1.35. The van der Waals surface area contributed by atoms with E-state index in [0.717, 1.165) is 16.7 Å². The highest BCUT2D eigenvalue weighted by molar-refractivity contribution is 5.82. The molecule has 0 aliphatic carbocycles. The van der Waals surface area contributed by atoms with Gasteiger partial charge in [0, 0.05) is 13.2 Å². The van der Waals surface area contributed by atoms with Crippen LogP contribution in [0.3, 0.4) is 0 Å². The molecule has 1 aliphatic rings. The zero-order valence-corrected chi connectivity index (χ0v) is 11.2. The van der Waals surface area contributed by atoms with E-state index in [9.17, 15) is 9.90 Å². The lowest BCUT2D eigenvalue weighted by atomic mass is 9.70. The number of carbonyl (C=O) groups is 1. The minimum atomic E-state index is -0.764. The molecule has 98 valence electrons. The largest absolute Gasteiger partial charge is 0.481 e. The summed E-state index contributed by atoms with van der Waals surface area (Å²) in [6.45, 7) is 7.12. The van der Waals surface area contributed by atoms with E-state index >= 15 is 0 Å². The zero-order chi connectivity index (χ0) is 13.3. The van der Waals surface area contributed by atoms with Crippen LogP contribution in [0.5, 0.6) is 0 Å². The smallest absolute Gasteiger partial charge is 0.314 e. The highest BCUT2D eigenvalue weighted by Crippen LogP contribution is 2.39. The fourth-order valence-electron chi connectivity index (χ4n) is 3.23. The van der Waals surface area contributed by atoms with E-state index in [1.165, 1.54) is 5.56 Å². The van der Waals surface area contributed by atoms with Crippen molar-refractivity contribution in [1.29, 1.82) is 0 Å². The van der Waals surface area contributed by atoms with Crippen LogP contribution in [0.1, 0.15) is 35.1 Å². The molecule has 0 aromatic heterocycles. The van der Waals surface area contributed by atoms with Crippen molar-refractivity contribution in [2.75, 3.05) is 13.2 Å². The molecule has 0 bridgehead atoms. The Bertz CT molecular complexity index is 448. The molecule has 3 heteroatoms. The maximum Gasteiger partial charge on any atom is 0.314 e. The lowest BCUT2D eigenvalue weighted by Crippen LogP contribution is -2.42. The Morgan fingerprint density at radius 3 is 2.11 bits per heavy atom. The molecule has 1 fully saturated rings. The first kappa shape index (κ1) is 13.1. The van der Waals surface area contributed by atoms with Crippen LogP contribution in [-0.4, -0.2) is 24.3 Å². The number of carboxylic acids is 1. The van der Waals surface area contributed by atoms with Crippen LogP contribution in [-0.2, 0) is 14.9 Å². The number of carboxylic acid groups (broad SMARTS) is 1. The van der Waals surface area contributed by atoms with Gasteiger partial charge in [0.05, 0.1) is 5.41 Å². The molecule has 1 aliphatic heterocycles. The summed E-state index contributed by atoms with van der Waals surface area (Å²) in [4.78, 5) is 11.8. The third kappa shape index (κ3) is 2.03. The van der Waals surface area contributed by atoms with Gasteiger partial charge in [-0.15, -0.1) is 0 Å². The summed E-state index contributed by atoms with van der Waals surface area (Å²) < 4.78 is 5.34. The summed E-state index contributed by atoms with van der Waals surface area (Å²) in [6.07, 6.45) is 1.13. The summed E-state index contributed by atoms with van der Waals surface area (Å²) in [5.74, 6) is -0.721. The molecule has 0 radical (unpaired) electrons. The second-order valence-electron chi connectivity index (χ2n) is 5.27. The first-order valence-electron chi connectivity index (χ1n) is 6.37. The van der Waals surface area contributed by atoms with Crippen molar-refractivity contribution in [3.8, 4) is 0 Å². The van der Waals surface area contributed by atoms with E-state index in [2.05, 4.69) is 12.1 Å². The number of aryl methyl sites for hydroxylation is 3. The molecule has 1 N–H and O–H groups in total. The van der Waals surface area contributed by atoms with E-state index < -0.39 is 11.4 Å². The molecular weight excluding hydrogens is 228 g/mol. The second kappa shape index (κ2) is 4.73. The Balaban J connectivity index is 2.59. The number of rotatable bonds is 2. The van der Waals surface area contributed by atoms with E-state index in [4.69, 9.17) is 4.74 Å². The highest BCUT2D eigenvalue weighted by atomic mass is 16.5. The first-order valence-corrected chi connectivity index (χ1v) is 6.37. The average Bonchev–Trinajstić information content (AvgIpc) is 2.28. The number of benzene rings is 1.